The fourth-order valence-corrected chi connectivity index (χ4v) is 2.09. The fourth-order valence-electron chi connectivity index (χ4n) is 2.09. The van der Waals surface area contributed by atoms with E-state index >= 15 is 0 Å². The van der Waals surface area contributed by atoms with E-state index < -0.39 is 17.2 Å². The molecular weight excluding hydrogens is 234 g/mol. The topological polar surface area (TPSA) is 20.2 Å². The van der Waals surface area contributed by atoms with Crippen LogP contribution in [0.5, 0.6) is 0 Å². The first-order valence-corrected chi connectivity index (χ1v) is 5.82. The second-order valence-corrected chi connectivity index (χ2v) is 4.18. The molecule has 0 amide bonds. The van der Waals surface area contributed by atoms with Crippen LogP contribution < -0.4 is 0 Å². The average Bonchev–Trinajstić information content (AvgIpc) is 2.42. The van der Waals surface area contributed by atoms with Gasteiger partial charge in [-0.25, -0.2) is 8.78 Å². The lowest BCUT2D eigenvalue weighted by atomic mass is 9.84. The Bertz CT molecular complexity index is 539. The van der Waals surface area contributed by atoms with Gasteiger partial charge in [0.25, 0.3) is 0 Å². The Morgan fingerprint density at radius 2 is 1.67 bits per heavy atom. The number of rotatable bonds is 3. The van der Waals surface area contributed by atoms with Crippen LogP contribution in [0.25, 0.3) is 0 Å². The van der Waals surface area contributed by atoms with Gasteiger partial charge in [0.15, 0.2) is 11.6 Å². The molecule has 18 heavy (non-hydrogen) atoms. The SMILES string of the molecule is CCC(O)(c1ccccc1)c1cccc(F)c1F. The molecule has 2 aromatic rings. The molecule has 0 saturated carbocycles. The maximum atomic E-state index is 13.8. The quantitative estimate of drug-likeness (QED) is 0.879. The Hall–Kier alpha value is -1.74. The van der Waals surface area contributed by atoms with Gasteiger partial charge in [-0.15, -0.1) is 0 Å². The molecule has 3 heteroatoms. The molecule has 1 atom stereocenters. The number of halogens is 2. The summed E-state index contributed by atoms with van der Waals surface area (Å²) >= 11 is 0. The van der Waals surface area contributed by atoms with Crippen LogP contribution >= 0.6 is 0 Å². The molecule has 0 spiro atoms. The minimum Gasteiger partial charge on any atom is -0.380 e. The van der Waals surface area contributed by atoms with Crippen molar-refractivity contribution in [3.05, 3.63) is 71.3 Å². The van der Waals surface area contributed by atoms with Crippen molar-refractivity contribution in [1.82, 2.24) is 0 Å². The lowest BCUT2D eigenvalue weighted by Gasteiger charge is -2.28. The second kappa shape index (κ2) is 4.86. The highest BCUT2D eigenvalue weighted by Gasteiger charge is 2.33. The fraction of sp³-hybridized carbons (Fsp3) is 0.200. The summed E-state index contributed by atoms with van der Waals surface area (Å²) in [5.74, 6) is -1.94. The molecule has 1 N–H and O–H groups in total. The predicted molar refractivity (Wildman–Crippen MR) is 66.1 cm³/mol. The van der Waals surface area contributed by atoms with Gasteiger partial charge in [0.1, 0.15) is 5.60 Å². The number of aliphatic hydroxyl groups is 1. The Labute approximate surface area is 105 Å². The smallest absolute Gasteiger partial charge is 0.165 e. The van der Waals surface area contributed by atoms with Crippen LogP contribution in [-0.2, 0) is 5.60 Å². The van der Waals surface area contributed by atoms with Gasteiger partial charge >= 0.3 is 0 Å². The maximum Gasteiger partial charge on any atom is 0.165 e. The molecular formula is C15H14F2O. The van der Waals surface area contributed by atoms with E-state index in [1.54, 1.807) is 31.2 Å². The van der Waals surface area contributed by atoms with Gasteiger partial charge in [-0.1, -0.05) is 49.4 Å². The first-order valence-electron chi connectivity index (χ1n) is 5.82. The molecule has 1 nitrogen and oxygen atoms in total. The van der Waals surface area contributed by atoms with E-state index in [1.807, 2.05) is 6.07 Å². The van der Waals surface area contributed by atoms with E-state index in [0.29, 0.717) is 5.56 Å². The standard InChI is InChI=1S/C15H14F2O/c1-2-15(18,11-7-4-3-5-8-11)12-9-6-10-13(16)14(12)17/h3-10,18H,2H2,1H3. The lowest BCUT2D eigenvalue weighted by Crippen LogP contribution is -2.28. The molecule has 0 aliphatic carbocycles. The van der Waals surface area contributed by atoms with E-state index in [4.69, 9.17) is 0 Å². The molecule has 94 valence electrons. The molecule has 2 rings (SSSR count). The summed E-state index contributed by atoms with van der Waals surface area (Å²) in [4.78, 5) is 0. The van der Waals surface area contributed by atoms with Crippen molar-refractivity contribution in [2.45, 2.75) is 18.9 Å². The van der Waals surface area contributed by atoms with E-state index in [1.165, 1.54) is 12.1 Å². The molecule has 0 bridgehead atoms. The molecule has 0 heterocycles. The molecule has 0 saturated heterocycles. The first-order chi connectivity index (χ1) is 8.59. The monoisotopic (exact) mass is 248 g/mol. The van der Waals surface area contributed by atoms with Crippen LogP contribution in [0.2, 0.25) is 0 Å². The minimum absolute atomic E-state index is 0.0313. The van der Waals surface area contributed by atoms with Crippen molar-refractivity contribution in [3.63, 3.8) is 0 Å². The predicted octanol–water partition coefficient (Wildman–Crippen LogP) is 3.61. The van der Waals surface area contributed by atoms with Crippen LogP contribution in [-0.4, -0.2) is 5.11 Å². The Balaban J connectivity index is 2.61. The first kappa shape index (κ1) is 12.7. The molecule has 0 radical (unpaired) electrons. The summed E-state index contributed by atoms with van der Waals surface area (Å²) < 4.78 is 27.1. The van der Waals surface area contributed by atoms with Gasteiger partial charge in [-0.2, -0.15) is 0 Å². The summed E-state index contributed by atoms with van der Waals surface area (Å²) in [6.45, 7) is 1.73. The molecule has 0 fully saturated rings. The van der Waals surface area contributed by atoms with E-state index in [9.17, 15) is 13.9 Å². The molecule has 0 aliphatic rings. The third-order valence-electron chi connectivity index (χ3n) is 3.16. The molecule has 0 aliphatic heterocycles. The normalized spacial score (nSPS) is 14.2. The summed E-state index contributed by atoms with van der Waals surface area (Å²) in [6, 6.07) is 12.6. The van der Waals surface area contributed by atoms with Gasteiger partial charge in [-0.3, -0.25) is 0 Å². The summed E-state index contributed by atoms with van der Waals surface area (Å²) in [5.41, 5.74) is -0.985. The largest absolute Gasteiger partial charge is 0.380 e. The molecule has 0 aromatic heterocycles. The minimum atomic E-state index is -1.51. The van der Waals surface area contributed by atoms with Crippen molar-refractivity contribution in [3.8, 4) is 0 Å². The lowest BCUT2D eigenvalue weighted by molar-refractivity contribution is 0.0717. The number of benzene rings is 2. The van der Waals surface area contributed by atoms with Gasteiger partial charge in [0, 0.05) is 5.56 Å². The van der Waals surface area contributed by atoms with Gasteiger partial charge in [-0.05, 0) is 18.1 Å². The van der Waals surface area contributed by atoms with Crippen LogP contribution in [0.1, 0.15) is 24.5 Å². The van der Waals surface area contributed by atoms with E-state index in [-0.39, 0.29) is 12.0 Å². The zero-order valence-electron chi connectivity index (χ0n) is 10.0. The maximum absolute atomic E-state index is 13.8. The number of hydrogen-bond donors (Lipinski definition) is 1. The Morgan fingerprint density at radius 3 is 2.28 bits per heavy atom. The van der Waals surface area contributed by atoms with Crippen molar-refractivity contribution in [2.75, 3.05) is 0 Å². The zero-order valence-corrected chi connectivity index (χ0v) is 10.0. The van der Waals surface area contributed by atoms with Gasteiger partial charge < -0.3 is 5.11 Å². The van der Waals surface area contributed by atoms with Crippen LogP contribution in [0.3, 0.4) is 0 Å². The van der Waals surface area contributed by atoms with Crippen molar-refractivity contribution < 1.29 is 13.9 Å². The van der Waals surface area contributed by atoms with Gasteiger partial charge in [0.2, 0.25) is 0 Å². The molecule has 2 aromatic carbocycles. The van der Waals surface area contributed by atoms with Gasteiger partial charge in [0.05, 0.1) is 0 Å². The highest BCUT2D eigenvalue weighted by Crippen LogP contribution is 2.34. The van der Waals surface area contributed by atoms with Crippen LogP contribution in [0.4, 0.5) is 8.78 Å². The highest BCUT2D eigenvalue weighted by molar-refractivity contribution is 5.36. The third-order valence-corrected chi connectivity index (χ3v) is 3.16. The Morgan fingerprint density at radius 1 is 1.00 bits per heavy atom. The summed E-state index contributed by atoms with van der Waals surface area (Å²) in [7, 11) is 0. The summed E-state index contributed by atoms with van der Waals surface area (Å²) in [5, 5.41) is 10.7. The Kier molecular flexibility index (Phi) is 3.43. The van der Waals surface area contributed by atoms with E-state index in [0.717, 1.165) is 6.07 Å². The molecule has 1 unspecified atom stereocenters. The highest BCUT2D eigenvalue weighted by atomic mass is 19.2. The second-order valence-electron chi connectivity index (χ2n) is 4.18. The average molecular weight is 248 g/mol. The van der Waals surface area contributed by atoms with E-state index in [2.05, 4.69) is 0 Å². The van der Waals surface area contributed by atoms with Crippen molar-refractivity contribution >= 4 is 0 Å². The van der Waals surface area contributed by atoms with Crippen LogP contribution in [0, 0.1) is 11.6 Å². The zero-order chi connectivity index (χ0) is 13.2. The third kappa shape index (κ3) is 2.02. The van der Waals surface area contributed by atoms with Crippen molar-refractivity contribution in [1.29, 1.82) is 0 Å². The summed E-state index contributed by atoms with van der Waals surface area (Å²) in [6.07, 6.45) is 0.261. The van der Waals surface area contributed by atoms with Crippen LogP contribution in [0.15, 0.2) is 48.5 Å². The van der Waals surface area contributed by atoms with Crippen molar-refractivity contribution in [2.24, 2.45) is 0 Å². The number of hydrogen-bond acceptors (Lipinski definition) is 1.